The molecule has 142 valence electrons. The third kappa shape index (κ3) is 4.60. The summed E-state index contributed by atoms with van der Waals surface area (Å²) in [5, 5.41) is 2.54. The first-order valence-corrected chi connectivity index (χ1v) is 9.07. The predicted molar refractivity (Wildman–Crippen MR) is 101 cm³/mol. The number of amides is 2. The second kappa shape index (κ2) is 8.91. The molecule has 3 aromatic rings. The molecule has 0 aromatic carbocycles. The highest BCUT2D eigenvalue weighted by Crippen LogP contribution is 2.19. The number of nitrogens with one attached hydrogen (secondary N) is 1. The second-order valence-electron chi connectivity index (χ2n) is 5.79. The Morgan fingerprint density at radius 3 is 2.43 bits per heavy atom. The number of ketones is 1. The van der Waals surface area contributed by atoms with Crippen LogP contribution in [0.2, 0.25) is 0 Å². The highest BCUT2D eigenvalue weighted by atomic mass is 32.1. The monoisotopic (exact) mass is 396 g/mol. The van der Waals surface area contributed by atoms with Crippen molar-refractivity contribution >= 4 is 29.3 Å². The van der Waals surface area contributed by atoms with E-state index in [2.05, 4.69) is 24.0 Å². The third-order valence-corrected chi connectivity index (χ3v) is 4.42. The van der Waals surface area contributed by atoms with Gasteiger partial charge in [0.2, 0.25) is 5.78 Å². The molecule has 0 fully saturated rings. The van der Waals surface area contributed by atoms with Gasteiger partial charge in [-0.3, -0.25) is 24.4 Å². The molecular weight excluding hydrogens is 380 g/mol. The van der Waals surface area contributed by atoms with Crippen molar-refractivity contribution in [1.29, 1.82) is 0 Å². The van der Waals surface area contributed by atoms with Gasteiger partial charge in [0.15, 0.2) is 5.69 Å². The molecule has 0 radical (unpaired) electrons. The van der Waals surface area contributed by atoms with Crippen molar-refractivity contribution in [3.8, 4) is 11.4 Å². The van der Waals surface area contributed by atoms with E-state index < -0.39 is 23.6 Å². The number of hydrogen-bond acceptors (Lipinski definition) is 8. The van der Waals surface area contributed by atoms with Gasteiger partial charge in [0.25, 0.3) is 11.8 Å². The van der Waals surface area contributed by atoms with Crippen LogP contribution in [0.5, 0.6) is 0 Å². The molecule has 3 aromatic heterocycles. The van der Waals surface area contributed by atoms with Crippen LogP contribution in [0.4, 0.5) is 0 Å². The number of hydrogen-bond donors (Lipinski definition) is 2. The van der Waals surface area contributed by atoms with E-state index in [1.165, 1.54) is 0 Å². The lowest BCUT2D eigenvalue weighted by atomic mass is 10.0. The van der Waals surface area contributed by atoms with Crippen molar-refractivity contribution in [1.82, 2.24) is 24.0 Å². The third-order valence-electron chi connectivity index (χ3n) is 3.89. The van der Waals surface area contributed by atoms with Gasteiger partial charge in [-0.05, 0) is 37.1 Å². The van der Waals surface area contributed by atoms with Crippen LogP contribution < -0.4 is 11.1 Å². The molecule has 2 amide bonds. The number of aromatic nitrogens is 4. The summed E-state index contributed by atoms with van der Waals surface area (Å²) in [4.78, 5) is 44.6. The Kier molecular flexibility index (Phi) is 6.12. The highest BCUT2D eigenvalue weighted by molar-refractivity contribution is 6.99. The molecule has 10 heteroatoms. The first-order chi connectivity index (χ1) is 13.6. The van der Waals surface area contributed by atoms with Gasteiger partial charge in [-0.2, -0.15) is 8.75 Å². The number of nitrogens with two attached hydrogens (primary N) is 1. The smallest absolute Gasteiger partial charge is 0.287 e. The summed E-state index contributed by atoms with van der Waals surface area (Å²) in [6.45, 7) is 0. The average Bonchev–Trinajstić information content (AvgIpc) is 3.22. The van der Waals surface area contributed by atoms with Crippen molar-refractivity contribution in [2.45, 2.75) is 18.9 Å². The minimum Gasteiger partial charge on any atom is -0.363 e. The summed E-state index contributed by atoms with van der Waals surface area (Å²) in [7, 11) is 0. The minimum absolute atomic E-state index is 0.0313. The Bertz CT molecular complexity index is 977. The van der Waals surface area contributed by atoms with E-state index in [4.69, 9.17) is 5.73 Å². The van der Waals surface area contributed by atoms with Crippen molar-refractivity contribution < 1.29 is 14.4 Å². The molecule has 0 aliphatic rings. The molecule has 3 N–H and O–H groups in total. The first-order valence-electron chi connectivity index (χ1n) is 8.34. The van der Waals surface area contributed by atoms with Crippen LogP contribution >= 0.6 is 11.7 Å². The van der Waals surface area contributed by atoms with Crippen molar-refractivity contribution in [3.05, 3.63) is 60.2 Å². The van der Waals surface area contributed by atoms with Crippen LogP contribution in [0.3, 0.4) is 0 Å². The summed E-state index contributed by atoms with van der Waals surface area (Å²) in [5.41, 5.74) is 6.67. The second-order valence-corrected chi connectivity index (χ2v) is 6.32. The molecule has 28 heavy (non-hydrogen) atoms. The summed E-state index contributed by atoms with van der Waals surface area (Å²) < 4.78 is 8.12. The number of Topliss-reactive ketones (excluding diaryl/α,β-unsaturated/α-hetero) is 1. The first kappa shape index (κ1) is 19.2. The van der Waals surface area contributed by atoms with E-state index in [9.17, 15) is 14.4 Å². The van der Waals surface area contributed by atoms with Crippen LogP contribution in [0.1, 0.15) is 22.6 Å². The fourth-order valence-corrected chi connectivity index (χ4v) is 3.07. The highest BCUT2D eigenvalue weighted by Gasteiger charge is 2.28. The Morgan fingerprint density at radius 1 is 1.04 bits per heavy atom. The van der Waals surface area contributed by atoms with Crippen LogP contribution in [-0.2, 0) is 16.0 Å². The Hall–Kier alpha value is -3.53. The van der Waals surface area contributed by atoms with Gasteiger partial charge in [0.1, 0.15) is 5.69 Å². The lowest BCUT2D eigenvalue weighted by Gasteiger charge is -2.15. The van der Waals surface area contributed by atoms with Gasteiger partial charge in [-0.25, -0.2) is 0 Å². The topological polar surface area (TPSA) is 141 Å². The van der Waals surface area contributed by atoms with Crippen molar-refractivity contribution in [2.75, 3.05) is 0 Å². The van der Waals surface area contributed by atoms with Crippen molar-refractivity contribution in [3.63, 3.8) is 0 Å². The zero-order valence-corrected chi connectivity index (χ0v) is 15.4. The van der Waals surface area contributed by atoms with Crippen LogP contribution in [0, 0.1) is 0 Å². The van der Waals surface area contributed by atoms with Gasteiger partial charge >= 0.3 is 0 Å². The standard InChI is InChI=1S/C18H16N6O3S/c19-17(26)16(25)13(8-7-11-5-1-3-9-20-11)22-18(27)15-14(23-28-24-15)12-6-2-4-10-21-12/h1-6,9-10,13H,7-8H2,(H2,19,26)(H,22,27). The molecule has 0 saturated heterocycles. The molecule has 0 spiro atoms. The SMILES string of the molecule is NC(=O)C(=O)C(CCc1ccccn1)NC(=O)c1nsnc1-c1ccccn1. The Morgan fingerprint density at radius 2 is 1.79 bits per heavy atom. The van der Waals surface area contributed by atoms with Crippen LogP contribution in [-0.4, -0.2) is 42.4 Å². The van der Waals surface area contributed by atoms with Crippen molar-refractivity contribution in [2.24, 2.45) is 5.73 Å². The lowest BCUT2D eigenvalue weighted by Crippen LogP contribution is -2.46. The molecular formula is C18H16N6O3S. The van der Waals surface area contributed by atoms with Gasteiger partial charge in [-0.1, -0.05) is 12.1 Å². The molecule has 1 unspecified atom stereocenters. The number of rotatable bonds is 8. The van der Waals surface area contributed by atoms with Gasteiger partial charge in [-0.15, -0.1) is 0 Å². The molecule has 0 aliphatic carbocycles. The molecule has 1 atom stereocenters. The number of pyridine rings is 2. The largest absolute Gasteiger partial charge is 0.363 e. The summed E-state index contributed by atoms with van der Waals surface area (Å²) in [6, 6.07) is 9.47. The van der Waals surface area contributed by atoms with Crippen LogP contribution in [0.15, 0.2) is 48.8 Å². The van der Waals surface area contributed by atoms with Crippen LogP contribution in [0.25, 0.3) is 11.4 Å². The molecule has 3 rings (SSSR count). The van der Waals surface area contributed by atoms with E-state index in [0.717, 1.165) is 17.4 Å². The Labute approximate surface area is 164 Å². The fraction of sp³-hybridized carbons (Fsp3) is 0.167. The Balaban J connectivity index is 1.77. The number of nitrogens with zero attached hydrogens (tertiary/aromatic N) is 4. The number of carbonyl (C=O) groups excluding carboxylic acids is 3. The van der Waals surface area contributed by atoms with E-state index >= 15 is 0 Å². The molecule has 3 heterocycles. The van der Waals surface area contributed by atoms with E-state index in [-0.39, 0.29) is 12.1 Å². The van der Waals surface area contributed by atoms with Gasteiger partial charge < -0.3 is 11.1 Å². The molecule has 0 aliphatic heterocycles. The zero-order chi connectivity index (χ0) is 19.9. The zero-order valence-electron chi connectivity index (χ0n) is 14.6. The van der Waals surface area contributed by atoms with E-state index in [0.29, 0.717) is 17.8 Å². The predicted octanol–water partition coefficient (Wildman–Crippen LogP) is 0.781. The summed E-state index contributed by atoms with van der Waals surface area (Å²) in [5.74, 6) is -2.63. The normalized spacial score (nSPS) is 11.6. The van der Waals surface area contributed by atoms with E-state index in [1.807, 2.05) is 6.07 Å². The van der Waals surface area contributed by atoms with Gasteiger partial charge in [0, 0.05) is 18.1 Å². The molecule has 9 nitrogen and oxygen atoms in total. The maximum atomic E-state index is 12.7. The summed E-state index contributed by atoms with van der Waals surface area (Å²) in [6.07, 6.45) is 3.75. The number of carbonyl (C=O) groups is 3. The number of aryl methyl sites for hydroxylation is 1. The van der Waals surface area contributed by atoms with Gasteiger partial charge in [0.05, 0.1) is 23.5 Å². The summed E-state index contributed by atoms with van der Waals surface area (Å²) >= 11 is 0.854. The minimum atomic E-state index is -1.12. The molecule has 0 saturated carbocycles. The molecule has 0 bridgehead atoms. The van der Waals surface area contributed by atoms with E-state index in [1.54, 1.807) is 42.7 Å². The fourth-order valence-electron chi connectivity index (χ4n) is 2.51. The maximum absolute atomic E-state index is 12.7. The maximum Gasteiger partial charge on any atom is 0.287 e. The average molecular weight is 396 g/mol. The number of primary amides is 1. The quantitative estimate of drug-likeness (QED) is 0.536. The lowest BCUT2D eigenvalue weighted by molar-refractivity contribution is -0.137.